The molecule has 4 rings (SSSR count). The third-order valence-corrected chi connectivity index (χ3v) is 6.53. The maximum atomic E-state index is 11.6. The zero-order valence-electron chi connectivity index (χ0n) is 16.7. The molecule has 0 unspecified atom stereocenters. The van der Waals surface area contributed by atoms with E-state index in [1.165, 1.54) is 28.8 Å². The molecule has 0 saturated heterocycles. The van der Waals surface area contributed by atoms with E-state index in [2.05, 4.69) is 11.6 Å². The molecule has 0 aliphatic heterocycles. The van der Waals surface area contributed by atoms with Gasteiger partial charge in [-0.05, 0) is 23.8 Å². The summed E-state index contributed by atoms with van der Waals surface area (Å²) in [6, 6.07) is 15.9. The zero-order valence-corrected chi connectivity index (χ0v) is 18.3. The summed E-state index contributed by atoms with van der Waals surface area (Å²) in [7, 11) is -3.78. The number of aromatic nitrogens is 3. The van der Waals surface area contributed by atoms with E-state index >= 15 is 0 Å². The molecule has 4 aromatic rings. The number of rotatable bonds is 7. The van der Waals surface area contributed by atoms with Crippen molar-refractivity contribution < 1.29 is 18.3 Å². The molecule has 2 aromatic heterocycles. The van der Waals surface area contributed by atoms with Crippen LogP contribution in [0.2, 0.25) is 0 Å². The van der Waals surface area contributed by atoms with E-state index in [9.17, 15) is 18.3 Å². The summed E-state index contributed by atoms with van der Waals surface area (Å²) in [5, 5.41) is 21.0. The first-order chi connectivity index (χ1) is 15.3. The van der Waals surface area contributed by atoms with Gasteiger partial charge in [-0.2, -0.15) is 5.10 Å². The van der Waals surface area contributed by atoms with Crippen LogP contribution in [-0.4, -0.2) is 34.3 Å². The van der Waals surface area contributed by atoms with Gasteiger partial charge in [0.15, 0.2) is 5.69 Å². The highest BCUT2D eigenvalue weighted by atomic mass is 32.2. The molecule has 0 spiro atoms. The molecule has 8 nitrogen and oxygen atoms in total. The van der Waals surface area contributed by atoms with Gasteiger partial charge in [-0.1, -0.05) is 49.0 Å². The molecule has 0 aliphatic rings. The van der Waals surface area contributed by atoms with Crippen LogP contribution in [0.3, 0.4) is 0 Å². The largest absolute Gasteiger partial charge is 0.476 e. The highest BCUT2D eigenvalue weighted by Crippen LogP contribution is 2.31. The van der Waals surface area contributed by atoms with Crippen LogP contribution in [0.15, 0.2) is 71.5 Å². The van der Waals surface area contributed by atoms with Crippen molar-refractivity contribution in [3.05, 3.63) is 89.1 Å². The number of carboxylic acid groups (broad SMARTS) is 1. The molecule has 2 heterocycles. The van der Waals surface area contributed by atoms with Gasteiger partial charge in [-0.3, -0.25) is 0 Å². The van der Waals surface area contributed by atoms with E-state index in [1.807, 2.05) is 30.3 Å². The molecule has 2 aromatic carbocycles. The lowest BCUT2D eigenvalue weighted by atomic mass is 9.99. The standard InChI is InChI=1S/C22H18N4O4S2/c1-2-19-17(12-14-8-10-16(11-9-14)32(23,29)30)20(15-6-4-3-5-7-15)25-26(19)22-24-18(13-31-22)21(27)28/h2-11,13H,1,12H2,(H,27,28)(H2,23,29,30). The highest BCUT2D eigenvalue weighted by molar-refractivity contribution is 7.89. The zero-order chi connectivity index (χ0) is 22.9. The van der Waals surface area contributed by atoms with Crippen LogP contribution in [0.4, 0.5) is 0 Å². The SMILES string of the molecule is C=Cc1c(Cc2ccc(S(N)(=O)=O)cc2)c(-c2ccccc2)nn1-c1nc(C(=O)O)cs1. The molecule has 162 valence electrons. The Balaban J connectivity index is 1.85. The van der Waals surface area contributed by atoms with Gasteiger partial charge in [0.05, 0.1) is 16.3 Å². The first-order valence-electron chi connectivity index (χ1n) is 9.38. The number of hydrogen-bond acceptors (Lipinski definition) is 6. The van der Waals surface area contributed by atoms with Crippen molar-refractivity contribution in [2.75, 3.05) is 0 Å². The number of aromatic carboxylic acids is 1. The molecule has 3 N–H and O–H groups in total. The number of carboxylic acids is 1. The lowest BCUT2D eigenvalue weighted by molar-refractivity contribution is 0.0691. The minimum Gasteiger partial charge on any atom is -0.476 e. The maximum Gasteiger partial charge on any atom is 0.355 e. The fourth-order valence-corrected chi connectivity index (χ4v) is 4.56. The lowest BCUT2D eigenvalue weighted by Crippen LogP contribution is -2.11. The number of thiazole rings is 1. The summed E-state index contributed by atoms with van der Waals surface area (Å²) >= 11 is 1.17. The van der Waals surface area contributed by atoms with Crippen molar-refractivity contribution >= 4 is 33.4 Å². The normalized spacial score (nSPS) is 11.4. The molecular formula is C22H18N4O4S2. The van der Waals surface area contributed by atoms with Gasteiger partial charge in [-0.25, -0.2) is 28.0 Å². The summed E-state index contributed by atoms with van der Waals surface area (Å²) in [5.74, 6) is -1.11. The van der Waals surface area contributed by atoms with Gasteiger partial charge < -0.3 is 5.11 Å². The lowest BCUT2D eigenvalue weighted by Gasteiger charge is -2.06. The van der Waals surface area contributed by atoms with Gasteiger partial charge in [0.2, 0.25) is 15.2 Å². The number of nitrogens with two attached hydrogens (primary N) is 1. The topological polar surface area (TPSA) is 128 Å². The van der Waals surface area contributed by atoms with Gasteiger partial charge in [0, 0.05) is 22.9 Å². The molecule has 0 radical (unpaired) electrons. The third kappa shape index (κ3) is 4.24. The monoisotopic (exact) mass is 466 g/mol. The van der Waals surface area contributed by atoms with Crippen molar-refractivity contribution in [3.8, 4) is 16.4 Å². The van der Waals surface area contributed by atoms with Gasteiger partial charge >= 0.3 is 5.97 Å². The first kappa shape index (κ1) is 21.6. The average Bonchev–Trinajstić information content (AvgIpc) is 3.39. The van der Waals surface area contributed by atoms with Crippen LogP contribution in [0, 0.1) is 0 Å². The Morgan fingerprint density at radius 2 is 1.84 bits per heavy atom. The number of carbonyl (C=O) groups is 1. The smallest absolute Gasteiger partial charge is 0.355 e. The van der Waals surface area contributed by atoms with Gasteiger partial charge in [0.25, 0.3) is 0 Å². The summed E-state index contributed by atoms with van der Waals surface area (Å²) < 4.78 is 24.7. The van der Waals surface area contributed by atoms with Crippen molar-refractivity contribution in [2.24, 2.45) is 5.14 Å². The molecule has 10 heteroatoms. The first-order valence-corrected chi connectivity index (χ1v) is 11.8. The fraction of sp³-hybridized carbons (Fsp3) is 0.0455. The maximum absolute atomic E-state index is 11.6. The summed E-state index contributed by atoms with van der Waals surface area (Å²) in [4.78, 5) is 15.5. The Labute approximate surface area is 188 Å². The van der Waals surface area contributed by atoms with E-state index in [0.29, 0.717) is 22.9 Å². The van der Waals surface area contributed by atoms with Crippen molar-refractivity contribution in [1.29, 1.82) is 0 Å². The predicted molar refractivity (Wildman–Crippen MR) is 122 cm³/mol. The Morgan fingerprint density at radius 3 is 2.41 bits per heavy atom. The third-order valence-electron chi connectivity index (χ3n) is 4.79. The molecule has 0 atom stereocenters. The molecule has 32 heavy (non-hydrogen) atoms. The van der Waals surface area contributed by atoms with E-state index < -0.39 is 16.0 Å². The predicted octanol–water partition coefficient (Wildman–Crippen LogP) is 3.58. The molecule has 0 fully saturated rings. The Kier molecular flexibility index (Phi) is 5.74. The Hall–Kier alpha value is -3.60. The highest BCUT2D eigenvalue weighted by Gasteiger charge is 2.21. The average molecular weight is 467 g/mol. The number of benzene rings is 2. The number of primary sulfonamides is 1. The van der Waals surface area contributed by atoms with Crippen LogP contribution in [0.1, 0.15) is 27.3 Å². The van der Waals surface area contributed by atoms with Crippen LogP contribution >= 0.6 is 11.3 Å². The van der Waals surface area contributed by atoms with Crippen LogP contribution in [0.25, 0.3) is 22.5 Å². The Morgan fingerprint density at radius 1 is 1.16 bits per heavy atom. The molecule has 0 aliphatic carbocycles. The second-order valence-corrected chi connectivity index (χ2v) is 9.28. The van der Waals surface area contributed by atoms with Crippen molar-refractivity contribution in [1.82, 2.24) is 14.8 Å². The number of sulfonamides is 1. The molecular weight excluding hydrogens is 448 g/mol. The number of hydrogen-bond donors (Lipinski definition) is 2. The van der Waals surface area contributed by atoms with Crippen LogP contribution in [0.5, 0.6) is 0 Å². The molecule has 0 bridgehead atoms. The van der Waals surface area contributed by atoms with Gasteiger partial charge in [0.1, 0.15) is 0 Å². The van der Waals surface area contributed by atoms with Crippen LogP contribution < -0.4 is 5.14 Å². The number of nitrogens with zero attached hydrogens (tertiary/aromatic N) is 3. The van der Waals surface area contributed by atoms with E-state index in [4.69, 9.17) is 10.2 Å². The summed E-state index contributed by atoms with van der Waals surface area (Å²) in [6.45, 7) is 3.92. The van der Waals surface area contributed by atoms with Crippen molar-refractivity contribution in [3.63, 3.8) is 0 Å². The summed E-state index contributed by atoms with van der Waals surface area (Å²) in [6.07, 6.45) is 2.09. The minimum absolute atomic E-state index is 0.0353. The quantitative estimate of drug-likeness (QED) is 0.428. The second-order valence-electron chi connectivity index (χ2n) is 6.88. The molecule has 0 saturated carbocycles. The summed E-state index contributed by atoms with van der Waals surface area (Å²) in [5.41, 5.74) is 3.88. The molecule has 0 amide bonds. The van der Waals surface area contributed by atoms with Crippen molar-refractivity contribution in [2.45, 2.75) is 11.3 Å². The van der Waals surface area contributed by atoms with E-state index in [1.54, 1.807) is 22.9 Å². The second kappa shape index (κ2) is 8.50. The van der Waals surface area contributed by atoms with Crippen LogP contribution in [-0.2, 0) is 16.4 Å². The fourth-order valence-electron chi connectivity index (χ4n) is 3.28. The minimum atomic E-state index is -3.78. The van der Waals surface area contributed by atoms with E-state index in [0.717, 1.165) is 16.7 Å². The Bertz CT molecular complexity index is 1410. The van der Waals surface area contributed by atoms with E-state index in [-0.39, 0.29) is 10.6 Å². The van der Waals surface area contributed by atoms with Gasteiger partial charge in [-0.15, -0.1) is 11.3 Å².